The van der Waals surface area contributed by atoms with Crippen LogP contribution in [0.15, 0.2) is 64.2 Å². The van der Waals surface area contributed by atoms with Crippen molar-refractivity contribution in [3.05, 3.63) is 97.7 Å². The van der Waals surface area contributed by atoms with Gasteiger partial charge in [-0.3, -0.25) is 14.4 Å². The van der Waals surface area contributed by atoms with Crippen LogP contribution in [0.2, 0.25) is 0 Å². The number of benzene rings is 2. The summed E-state index contributed by atoms with van der Waals surface area (Å²) >= 11 is 0. The van der Waals surface area contributed by atoms with E-state index in [0.717, 1.165) is 10.9 Å². The van der Waals surface area contributed by atoms with Crippen molar-refractivity contribution < 1.29 is 19.4 Å². The van der Waals surface area contributed by atoms with E-state index in [1.165, 1.54) is 0 Å². The SMILES string of the molecule is COc1ccc2cc([C@@H]3CC(=O)Oc4cc(C)n(CCc5ccc(O)cc5)c(=O)c43)c(=O)[nH]c2c1. The predicted molar refractivity (Wildman–Crippen MR) is 130 cm³/mol. The lowest BCUT2D eigenvalue weighted by atomic mass is 9.87. The van der Waals surface area contributed by atoms with Gasteiger partial charge in [0.15, 0.2) is 0 Å². The van der Waals surface area contributed by atoms with Crippen molar-refractivity contribution in [2.24, 2.45) is 0 Å². The highest BCUT2D eigenvalue weighted by atomic mass is 16.5. The van der Waals surface area contributed by atoms with Gasteiger partial charge in [0.2, 0.25) is 0 Å². The molecule has 0 fully saturated rings. The first-order valence-electron chi connectivity index (χ1n) is 11.3. The number of nitrogens with zero attached hydrogens (tertiary/aromatic N) is 1. The van der Waals surface area contributed by atoms with Gasteiger partial charge in [-0.1, -0.05) is 12.1 Å². The molecule has 1 aliphatic rings. The number of phenolic OH excluding ortho intramolecular Hbond substituents is 1. The number of aromatic amines is 1. The smallest absolute Gasteiger partial charge is 0.312 e. The minimum absolute atomic E-state index is 0.103. The average Bonchev–Trinajstić information content (AvgIpc) is 2.83. The maximum absolute atomic E-state index is 13.7. The van der Waals surface area contributed by atoms with Gasteiger partial charge in [0, 0.05) is 35.9 Å². The molecule has 0 radical (unpaired) electrons. The van der Waals surface area contributed by atoms with E-state index >= 15 is 0 Å². The molecule has 0 amide bonds. The Morgan fingerprint density at radius 3 is 2.60 bits per heavy atom. The monoisotopic (exact) mass is 472 g/mol. The number of phenols is 1. The van der Waals surface area contributed by atoms with Gasteiger partial charge in [0.1, 0.15) is 17.2 Å². The van der Waals surface area contributed by atoms with E-state index in [-0.39, 0.29) is 29.0 Å². The summed E-state index contributed by atoms with van der Waals surface area (Å²) in [6.45, 7) is 2.18. The fourth-order valence-corrected chi connectivity index (χ4v) is 4.62. The van der Waals surface area contributed by atoms with E-state index in [1.54, 1.807) is 55.0 Å². The minimum Gasteiger partial charge on any atom is -0.508 e. The average molecular weight is 472 g/mol. The Bertz CT molecular complexity index is 1570. The summed E-state index contributed by atoms with van der Waals surface area (Å²) in [4.78, 5) is 42.0. The number of hydrogen-bond acceptors (Lipinski definition) is 6. The number of aryl methyl sites for hydroxylation is 2. The molecule has 0 bridgehead atoms. The predicted octanol–water partition coefficient (Wildman–Crippen LogP) is 3.40. The lowest BCUT2D eigenvalue weighted by Crippen LogP contribution is -2.35. The molecular weight excluding hydrogens is 448 g/mol. The quantitative estimate of drug-likeness (QED) is 0.431. The van der Waals surface area contributed by atoms with Gasteiger partial charge in [0.25, 0.3) is 11.1 Å². The number of hydrogen-bond donors (Lipinski definition) is 2. The number of methoxy groups -OCH3 is 1. The summed E-state index contributed by atoms with van der Waals surface area (Å²) in [6.07, 6.45) is 0.469. The Hall–Kier alpha value is -4.33. The highest BCUT2D eigenvalue weighted by Gasteiger charge is 2.34. The van der Waals surface area contributed by atoms with Crippen LogP contribution in [-0.4, -0.2) is 27.7 Å². The second-order valence-electron chi connectivity index (χ2n) is 8.67. The number of ether oxygens (including phenoxy) is 2. The van der Waals surface area contributed by atoms with Crippen molar-refractivity contribution in [2.75, 3.05) is 7.11 Å². The van der Waals surface area contributed by atoms with Crippen molar-refractivity contribution in [3.63, 3.8) is 0 Å². The van der Waals surface area contributed by atoms with E-state index in [1.807, 2.05) is 18.2 Å². The van der Waals surface area contributed by atoms with E-state index in [0.29, 0.717) is 41.1 Å². The maximum atomic E-state index is 13.7. The molecule has 2 aromatic carbocycles. The Kier molecular flexibility index (Phi) is 5.64. The largest absolute Gasteiger partial charge is 0.508 e. The van der Waals surface area contributed by atoms with Crippen LogP contribution < -0.4 is 20.6 Å². The number of pyridine rings is 2. The number of nitrogens with one attached hydrogen (secondary N) is 1. The van der Waals surface area contributed by atoms with Gasteiger partial charge in [0.05, 0.1) is 24.6 Å². The number of carbonyl (C=O) groups excluding carboxylic acids is 1. The molecule has 0 saturated heterocycles. The van der Waals surface area contributed by atoms with Crippen LogP contribution in [0.4, 0.5) is 0 Å². The number of esters is 1. The number of aromatic hydroxyl groups is 1. The van der Waals surface area contributed by atoms with E-state index in [2.05, 4.69) is 4.98 Å². The van der Waals surface area contributed by atoms with E-state index < -0.39 is 11.9 Å². The molecule has 8 nitrogen and oxygen atoms in total. The Morgan fingerprint density at radius 1 is 1.09 bits per heavy atom. The Balaban J connectivity index is 1.59. The van der Waals surface area contributed by atoms with Crippen LogP contribution in [-0.2, 0) is 17.8 Å². The first-order valence-corrected chi connectivity index (χ1v) is 11.3. The highest BCUT2D eigenvalue weighted by Crippen LogP contribution is 2.36. The first-order chi connectivity index (χ1) is 16.8. The second-order valence-corrected chi connectivity index (χ2v) is 8.67. The van der Waals surface area contributed by atoms with Crippen LogP contribution >= 0.6 is 0 Å². The van der Waals surface area contributed by atoms with E-state index in [9.17, 15) is 19.5 Å². The summed E-state index contributed by atoms with van der Waals surface area (Å²) < 4.78 is 12.3. The highest BCUT2D eigenvalue weighted by molar-refractivity contribution is 5.82. The van der Waals surface area contributed by atoms with Crippen molar-refractivity contribution in [1.82, 2.24) is 9.55 Å². The lowest BCUT2D eigenvalue weighted by molar-refractivity contribution is -0.135. The lowest BCUT2D eigenvalue weighted by Gasteiger charge is -2.26. The third-order valence-electron chi connectivity index (χ3n) is 6.47. The van der Waals surface area contributed by atoms with Crippen molar-refractivity contribution >= 4 is 16.9 Å². The topological polar surface area (TPSA) is 111 Å². The molecule has 5 rings (SSSR count). The number of rotatable bonds is 5. The summed E-state index contributed by atoms with van der Waals surface area (Å²) in [7, 11) is 1.55. The van der Waals surface area contributed by atoms with Crippen LogP contribution in [0.25, 0.3) is 10.9 Å². The molecule has 1 atom stereocenters. The molecule has 0 saturated carbocycles. The molecule has 0 spiro atoms. The van der Waals surface area contributed by atoms with Gasteiger partial charge in [-0.25, -0.2) is 0 Å². The molecular formula is C27H24N2O6. The van der Waals surface area contributed by atoms with Crippen LogP contribution in [0, 0.1) is 6.92 Å². The number of fused-ring (bicyclic) bond motifs is 2. The van der Waals surface area contributed by atoms with Crippen LogP contribution in [0.5, 0.6) is 17.2 Å². The number of carbonyl (C=O) groups is 1. The molecule has 178 valence electrons. The maximum Gasteiger partial charge on any atom is 0.312 e. The summed E-state index contributed by atoms with van der Waals surface area (Å²) in [5.41, 5.74) is 2.21. The summed E-state index contributed by atoms with van der Waals surface area (Å²) in [5, 5.41) is 10.3. The minimum atomic E-state index is -0.727. The van der Waals surface area contributed by atoms with Gasteiger partial charge in [-0.05, 0) is 54.6 Å². The van der Waals surface area contributed by atoms with E-state index in [4.69, 9.17) is 9.47 Å². The first kappa shape index (κ1) is 22.5. The van der Waals surface area contributed by atoms with Gasteiger partial charge in [-0.15, -0.1) is 0 Å². The van der Waals surface area contributed by atoms with Crippen molar-refractivity contribution in [2.45, 2.75) is 32.2 Å². The second kappa shape index (κ2) is 8.79. The zero-order chi connectivity index (χ0) is 24.7. The molecule has 0 aliphatic carbocycles. The Morgan fingerprint density at radius 2 is 1.86 bits per heavy atom. The molecule has 35 heavy (non-hydrogen) atoms. The van der Waals surface area contributed by atoms with Crippen molar-refractivity contribution in [1.29, 1.82) is 0 Å². The molecule has 3 heterocycles. The zero-order valence-corrected chi connectivity index (χ0v) is 19.3. The standard InChI is InChI=1S/C27H24N2O6/c1-15-11-23-25(27(33)29(15)10-9-16-3-6-18(30)7-4-16)20(14-24(31)35-23)21-12-17-5-8-19(34-2)13-22(17)28-26(21)32/h3-8,11-13,20,30H,9-10,14H2,1-2H3,(H,28,32)/t20-/m0/s1. The third kappa shape index (κ3) is 4.19. The molecule has 0 unspecified atom stereocenters. The molecule has 2 aromatic heterocycles. The molecule has 2 N–H and O–H groups in total. The Labute approximate surface area is 200 Å². The number of H-pyrrole nitrogens is 1. The zero-order valence-electron chi connectivity index (χ0n) is 19.3. The molecule has 1 aliphatic heterocycles. The number of aromatic nitrogens is 2. The van der Waals surface area contributed by atoms with Crippen LogP contribution in [0.1, 0.15) is 34.7 Å². The van der Waals surface area contributed by atoms with Crippen molar-refractivity contribution in [3.8, 4) is 17.2 Å². The summed E-state index contributed by atoms with van der Waals surface area (Å²) in [6, 6.07) is 15.6. The molecule has 8 heteroatoms. The third-order valence-corrected chi connectivity index (χ3v) is 6.47. The summed E-state index contributed by atoms with van der Waals surface area (Å²) in [5.74, 6) is -0.227. The van der Waals surface area contributed by atoms with Gasteiger partial charge >= 0.3 is 5.97 Å². The fourth-order valence-electron chi connectivity index (χ4n) is 4.62. The fraction of sp³-hybridized carbons (Fsp3) is 0.222. The molecule has 4 aromatic rings. The van der Waals surface area contributed by atoms with Crippen LogP contribution in [0.3, 0.4) is 0 Å². The normalized spacial score (nSPS) is 15.0. The van der Waals surface area contributed by atoms with Gasteiger partial charge < -0.3 is 24.1 Å². The van der Waals surface area contributed by atoms with Gasteiger partial charge in [-0.2, -0.15) is 0 Å².